The highest BCUT2D eigenvalue weighted by Crippen LogP contribution is 2.28. The van der Waals surface area contributed by atoms with Crippen LogP contribution < -0.4 is 14.8 Å². The summed E-state index contributed by atoms with van der Waals surface area (Å²) in [6.45, 7) is 9.05. The minimum Gasteiger partial charge on any atom is -0.493 e. The summed E-state index contributed by atoms with van der Waals surface area (Å²) in [7, 11) is 3.29. The third kappa shape index (κ3) is 5.03. The molecule has 2 amide bonds. The molecule has 1 N–H and O–H groups in total. The van der Waals surface area contributed by atoms with Crippen LogP contribution in [0.4, 0.5) is 4.79 Å². The van der Waals surface area contributed by atoms with Crippen LogP contribution >= 0.6 is 0 Å². The summed E-state index contributed by atoms with van der Waals surface area (Å²) in [5.41, 5.74) is 1.19. The molecule has 1 saturated heterocycles. The first-order chi connectivity index (χ1) is 11.5. The van der Waals surface area contributed by atoms with Crippen molar-refractivity contribution in [2.75, 3.05) is 46.9 Å². The number of carbonyl (C=O) groups is 1. The quantitative estimate of drug-likeness (QED) is 0.866. The first-order valence-electron chi connectivity index (χ1n) is 8.49. The Labute approximate surface area is 144 Å². The van der Waals surface area contributed by atoms with Crippen molar-refractivity contribution in [1.29, 1.82) is 0 Å². The summed E-state index contributed by atoms with van der Waals surface area (Å²) in [6, 6.07) is 6.06. The van der Waals surface area contributed by atoms with Gasteiger partial charge in [-0.15, -0.1) is 0 Å². The lowest BCUT2D eigenvalue weighted by Gasteiger charge is -2.34. The van der Waals surface area contributed by atoms with Gasteiger partial charge in [0.25, 0.3) is 0 Å². The van der Waals surface area contributed by atoms with Gasteiger partial charge < -0.3 is 19.7 Å². The summed E-state index contributed by atoms with van der Waals surface area (Å²) < 4.78 is 10.6. The Morgan fingerprint density at radius 2 is 1.79 bits per heavy atom. The monoisotopic (exact) mass is 335 g/mol. The molecular formula is C18H29N3O3. The van der Waals surface area contributed by atoms with Crippen LogP contribution in [-0.2, 0) is 6.54 Å². The van der Waals surface area contributed by atoms with Crippen molar-refractivity contribution >= 4 is 6.03 Å². The topological polar surface area (TPSA) is 54.0 Å². The standard InChI is InChI=1S/C18H29N3O3/c1-14(2)12-19-18(22)21-9-7-20(8-10-21)13-15-5-6-16(23-3)17(11-15)24-4/h5-6,11,14H,7-10,12-13H2,1-4H3,(H,19,22). The van der Waals surface area contributed by atoms with Crippen LogP contribution in [-0.4, -0.2) is 62.8 Å². The fourth-order valence-electron chi connectivity index (χ4n) is 2.75. The van der Waals surface area contributed by atoms with Gasteiger partial charge >= 0.3 is 6.03 Å². The Balaban J connectivity index is 1.83. The lowest BCUT2D eigenvalue weighted by molar-refractivity contribution is 0.134. The van der Waals surface area contributed by atoms with Crippen molar-refractivity contribution in [3.8, 4) is 11.5 Å². The Hall–Kier alpha value is -1.95. The Morgan fingerprint density at radius 1 is 1.12 bits per heavy atom. The fourth-order valence-corrected chi connectivity index (χ4v) is 2.75. The molecule has 0 saturated carbocycles. The lowest BCUT2D eigenvalue weighted by Crippen LogP contribution is -2.51. The molecular weight excluding hydrogens is 306 g/mol. The number of carbonyl (C=O) groups excluding carboxylic acids is 1. The van der Waals surface area contributed by atoms with Crippen molar-refractivity contribution in [2.45, 2.75) is 20.4 Å². The Kier molecular flexibility index (Phi) is 6.73. The number of piperazine rings is 1. The summed E-state index contributed by atoms with van der Waals surface area (Å²) >= 11 is 0. The van der Waals surface area contributed by atoms with E-state index in [1.807, 2.05) is 17.0 Å². The Bertz CT molecular complexity index is 540. The smallest absolute Gasteiger partial charge is 0.317 e. The maximum absolute atomic E-state index is 12.1. The number of hydrogen-bond acceptors (Lipinski definition) is 4. The number of urea groups is 1. The first-order valence-corrected chi connectivity index (χ1v) is 8.49. The number of rotatable bonds is 6. The second-order valence-corrected chi connectivity index (χ2v) is 6.53. The zero-order valence-corrected chi connectivity index (χ0v) is 15.2. The molecule has 1 fully saturated rings. The van der Waals surface area contributed by atoms with E-state index in [1.54, 1.807) is 14.2 Å². The zero-order valence-electron chi connectivity index (χ0n) is 15.2. The van der Waals surface area contributed by atoms with Crippen molar-refractivity contribution in [2.24, 2.45) is 5.92 Å². The molecule has 0 unspecified atom stereocenters. The second-order valence-electron chi connectivity index (χ2n) is 6.53. The van der Waals surface area contributed by atoms with Crippen molar-refractivity contribution < 1.29 is 14.3 Å². The van der Waals surface area contributed by atoms with Crippen LogP contribution in [0.5, 0.6) is 11.5 Å². The number of amides is 2. The number of ether oxygens (including phenoxy) is 2. The highest BCUT2D eigenvalue weighted by atomic mass is 16.5. The van der Waals surface area contributed by atoms with Gasteiger partial charge in [0.2, 0.25) is 0 Å². The molecule has 1 aliphatic heterocycles. The highest BCUT2D eigenvalue weighted by Gasteiger charge is 2.21. The van der Waals surface area contributed by atoms with E-state index in [0.717, 1.165) is 50.8 Å². The Morgan fingerprint density at radius 3 is 2.38 bits per heavy atom. The highest BCUT2D eigenvalue weighted by molar-refractivity contribution is 5.74. The predicted molar refractivity (Wildman–Crippen MR) is 94.6 cm³/mol. The number of benzene rings is 1. The molecule has 0 aliphatic carbocycles. The normalized spacial score (nSPS) is 15.5. The van der Waals surface area contributed by atoms with E-state index in [1.165, 1.54) is 5.56 Å². The molecule has 1 heterocycles. The van der Waals surface area contributed by atoms with Crippen LogP contribution in [0.3, 0.4) is 0 Å². The average Bonchev–Trinajstić information content (AvgIpc) is 2.60. The number of hydrogen-bond donors (Lipinski definition) is 1. The largest absolute Gasteiger partial charge is 0.493 e. The molecule has 1 aromatic carbocycles. The molecule has 1 aromatic rings. The van der Waals surface area contributed by atoms with Crippen molar-refractivity contribution in [1.82, 2.24) is 15.1 Å². The lowest BCUT2D eigenvalue weighted by atomic mass is 10.1. The summed E-state index contributed by atoms with van der Waals surface area (Å²) in [5, 5.41) is 2.98. The zero-order chi connectivity index (χ0) is 17.5. The molecule has 0 spiro atoms. The van der Waals surface area contributed by atoms with Gasteiger partial charge in [0.1, 0.15) is 0 Å². The van der Waals surface area contributed by atoms with E-state index in [4.69, 9.17) is 9.47 Å². The minimum atomic E-state index is 0.0504. The number of nitrogens with one attached hydrogen (secondary N) is 1. The van der Waals surface area contributed by atoms with Crippen LogP contribution in [0.25, 0.3) is 0 Å². The predicted octanol–water partition coefficient (Wildman–Crippen LogP) is 2.19. The van der Waals surface area contributed by atoms with E-state index in [9.17, 15) is 4.79 Å². The maximum Gasteiger partial charge on any atom is 0.317 e. The maximum atomic E-state index is 12.1. The molecule has 6 heteroatoms. The van der Waals surface area contributed by atoms with E-state index in [-0.39, 0.29) is 6.03 Å². The SMILES string of the molecule is COc1ccc(CN2CCN(C(=O)NCC(C)C)CC2)cc1OC. The van der Waals surface area contributed by atoms with Gasteiger partial charge in [-0.2, -0.15) is 0 Å². The van der Waals surface area contributed by atoms with Crippen molar-refractivity contribution in [3.05, 3.63) is 23.8 Å². The third-order valence-corrected chi connectivity index (χ3v) is 4.18. The molecule has 2 rings (SSSR count). The molecule has 0 atom stereocenters. The molecule has 1 aliphatic rings. The fraction of sp³-hybridized carbons (Fsp3) is 0.611. The van der Waals surface area contributed by atoms with Gasteiger partial charge in [0, 0.05) is 39.3 Å². The second kappa shape index (κ2) is 8.78. The van der Waals surface area contributed by atoms with Crippen LogP contribution in [0.1, 0.15) is 19.4 Å². The molecule has 0 bridgehead atoms. The minimum absolute atomic E-state index is 0.0504. The summed E-state index contributed by atoms with van der Waals surface area (Å²) in [5.74, 6) is 1.97. The van der Waals surface area contributed by atoms with Gasteiger partial charge in [0.15, 0.2) is 11.5 Å². The van der Waals surface area contributed by atoms with E-state index in [0.29, 0.717) is 5.92 Å². The molecule has 0 radical (unpaired) electrons. The van der Waals surface area contributed by atoms with E-state index in [2.05, 4.69) is 30.1 Å². The van der Waals surface area contributed by atoms with Gasteiger partial charge in [-0.25, -0.2) is 4.79 Å². The third-order valence-electron chi connectivity index (χ3n) is 4.18. The van der Waals surface area contributed by atoms with Gasteiger partial charge in [0.05, 0.1) is 14.2 Å². The van der Waals surface area contributed by atoms with Crippen LogP contribution in [0.15, 0.2) is 18.2 Å². The van der Waals surface area contributed by atoms with E-state index >= 15 is 0 Å². The van der Waals surface area contributed by atoms with Crippen LogP contribution in [0.2, 0.25) is 0 Å². The molecule has 24 heavy (non-hydrogen) atoms. The molecule has 134 valence electrons. The summed E-state index contributed by atoms with van der Waals surface area (Å²) in [4.78, 5) is 16.3. The number of methoxy groups -OCH3 is 2. The average molecular weight is 335 g/mol. The van der Waals surface area contributed by atoms with E-state index < -0.39 is 0 Å². The first kappa shape index (κ1) is 18.4. The van der Waals surface area contributed by atoms with Crippen molar-refractivity contribution in [3.63, 3.8) is 0 Å². The number of nitrogens with zero attached hydrogens (tertiary/aromatic N) is 2. The van der Waals surface area contributed by atoms with Gasteiger partial charge in [-0.05, 0) is 23.6 Å². The van der Waals surface area contributed by atoms with Crippen LogP contribution in [0, 0.1) is 5.92 Å². The molecule has 6 nitrogen and oxygen atoms in total. The molecule has 0 aromatic heterocycles. The van der Waals surface area contributed by atoms with Gasteiger partial charge in [-0.3, -0.25) is 4.90 Å². The summed E-state index contributed by atoms with van der Waals surface area (Å²) in [6.07, 6.45) is 0. The van der Waals surface area contributed by atoms with Gasteiger partial charge in [-0.1, -0.05) is 19.9 Å².